The number of hydrogen-bond acceptors (Lipinski definition) is 3. The number of carbonyl (C=O) groups is 1. The number of imidazole rings is 1. The predicted octanol–water partition coefficient (Wildman–Crippen LogP) is 3.27. The summed E-state index contributed by atoms with van der Waals surface area (Å²) in [6.07, 6.45) is 3.37. The summed E-state index contributed by atoms with van der Waals surface area (Å²) in [4.78, 5) is 22.8. The molecule has 2 aromatic rings. The summed E-state index contributed by atoms with van der Waals surface area (Å²) >= 11 is 0. The molecule has 1 atom stereocenters. The van der Waals surface area contributed by atoms with Crippen LogP contribution in [0.15, 0.2) is 12.3 Å². The van der Waals surface area contributed by atoms with Crippen molar-refractivity contribution in [2.75, 3.05) is 0 Å². The summed E-state index contributed by atoms with van der Waals surface area (Å²) < 4.78 is 0. The van der Waals surface area contributed by atoms with Crippen LogP contribution in [0.2, 0.25) is 0 Å². The minimum Gasteiger partial charge on any atom is -0.478 e. The van der Waals surface area contributed by atoms with Crippen LogP contribution in [-0.2, 0) is 6.42 Å². The molecule has 5 nitrogen and oxygen atoms in total. The number of aromatic nitrogens is 3. The van der Waals surface area contributed by atoms with Crippen LogP contribution in [0.5, 0.6) is 0 Å². The van der Waals surface area contributed by atoms with E-state index in [1.54, 1.807) is 0 Å². The number of rotatable bonds is 4. The molecule has 2 N–H and O–H groups in total. The zero-order valence-electron chi connectivity index (χ0n) is 12.4. The first-order valence-corrected chi connectivity index (χ1v) is 6.83. The van der Waals surface area contributed by atoms with Gasteiger partial charge in [0.05, 0.1) is 11.1 Å². The van der Waals surface area contributed by atoms with Crippen LogP contribution in [0.1, 0.15) is 50.3 Å². The number of fused-ring (bicyclic) bond motifs is 1. The van der Waals surface area contributed by atoms with E-state index in [-0.39, 0.29) is 11.0 Å². The second-order valence-electron chi connectivity index (χ2n) is 6.62. The summed E-state index contributed by atoms with van der Waals surface area (Å²) in [5, 5.41) is 9.15. The lowest BCUT2D eigenvalue weighted by atomic mass is 9.84. The first kappa shape index (κ1) is 14.5. The third-order valence-electron chi connectivity index (χ3n) is 3.17. The molecule has 0 aromatic carbocycles. The Balaban J connectivity index is 2.24. The average Bonchev–Trinajstić information content (AvgIpc) is 2.67. The number of aromatic carboxylic acids is 1. The number of aromatic amines is 1. The molecule has 108 valence electrons. The summed E-state index contributed by atoms with van der Waals surface area (Å²) in [5.41, 5.74) is 1.48. The van der Waals surface area contributed by atoms with Crippen molar-refractivity contribution >= 4 is 17.1 Å². The fraction of sp³-hybridized carbons (Fsp3) is 0.533. The smallest absolute Gasteiger partial charge is 0.338 e. The molecule has 2 heterocycles. The van der Waals surface area contributed by atoms with Crippen molar-refractivity contribution in [2.45, 2.75) is 40.5 Å². The highest BCUT2D eigenvalue weighted by molar-refractivity contribution is 5.99. The third kappa shape index (κ3) is 3.35. The number of carboxylic acid groups (broad SMARTS) is 1. The van der Waals surface area contributed by atoms with Crippen molar-refractivity contribution in [3.05, 3.63) is 23.7 Å². The van der Waals surface area contributed by atoms with E-state index in [9.17, 15) is 4.79 Å². The van der Waals surface area contributed by atoms with E-state index in [1.807, 2.05) is 0 Å². The number of nitrogens with one attached hydrogen (secondary N) is 1. The van der Waals surface area contributed by atoms with Crippen molar-refractivity contribution in [1.82, 2.24) is 15.0 Å². The molecule has 0 bridgehead atoms. The summed E-state index contributed by atoms with van der Waals surface area (Å²) in [6.45, 7) is 8.83. The third-order valence-corrected chi connectivity index (χ3v) is 3.17. The number of carboxylic acids is 1. The SMILES string of the molecule is CC(Cc1nc2nccc(C(=O)O)c2[nH]1)CC(C)(C)C. The van der Waals surface area contributed by atoms with Crippen molar-refractivity contribution in [3.63, 3.8) is 0 Å². The van der Waals surface area contributed by atoms with Crippen LogP contribution in [0.4, 0.5) is 0 Å². The highest BCUT2D eigenvalue weighted by atomic mass is 16.4. The van der Waals surface area contributed by atoms with Crippen LogP contribution < -0.4 is 0 Å². The van der Waals surface area contributed by atoms with Gasteiger partial charge in [0.15, 0.2) is 5.65 Å². The lowest BCUT2D eigenvalue weighted by Crippen LogP contribution is -2.13. The molecule has 0 saturated heterocycles. The first-order chi connectivity index (χ1) is 9.26. The minimum absolute atomic E-state index is 0.220. The maximum atomic E-state index is 11.2. The summed E-state index contributed by atoms with van der Waals surface area (Å²) in [7, 11) is 0. The number of hydrogen-bond donors (Lipinski definition) is 2. The van der Waals surface area contributed by atoms with E-state index < -0.39 is 5.97 Å². The van der Waals surface area contributed by atoms with E-state index in [4.69, 9.17) is 5.11 Å². The van der Waals surface area contributed by atoms with Crippen LogP contribution in [0.25, 0.3) is 11.2 Å². The molecule has 2 rings (SSSR count). The predicted molar refractivity (Wildman–Crippen MR) is 77.8 cm³/mol. The fourth-order valence-corrected chi connectivity index (χ4v) is 2.68. The maximum Gasteiger partial charge on any atom is 0.338 e. The lowest BCUT2D eigenvalue weighted by Gasteiger charge is -2.22. The topological polar surface area (TPSA) is 78.9 Å². The Kier molecular flexibility index (Phi) is 3.79. The van der Waals surface area contributed by atoms with Gasteiger partial charge in [-0.15, -0.1) is 0 Å². The average molecular weight is 275 g/mol. The Morgan fingerprint density at radius 1 is 1.45 bits per heavy atom. The van der Waals surface area contributed by atoms with Crippen LogP contribution in [0.3, 0.4) is 0 Å². The molecule has 5 heteroatoms. The van der Waals surface area contributed by atoms with Gasteiger partial charge in [-0.2, -0.15) is 0 Å². The zero-order chi connectivity index (χ0) is 14.9. The highest BCUT2D eigenvalue weighted by Gasteiger charge is 2.18. The monoisotopic (exact) mass is 275 g/mol. The Morgan fingerprint density at radius 2 is 2.15 bits per heavy atom. The molecule has 0 amide bonds. The normalized spacial score (nSPS) is 13.6. The van der Waals surface area contributed by atoms with Crippen molar-refractivity contribution in [2.24, 2.45) is 11.3 Å². The van der Waals surface area contributed by atoms with E-state index >= 15 is 0 Å². The van der Waals surface area contributed by atoms with Gasteiger partial charge < -0.3 is 10.1 Å². The zero-order valence-corrected chi connectivity index (χ0v) is 12.4. The highest BCUT2D eigenvalue weighted by Crippen LogP contribution is 2.26. The van der Waals surface area contributed by atoms with Gasteiger partial charge in [0.2, 0.25) is 0 Å². The molecule has 1 unspecified atom stereocenters. The molecule has 0 aliphatic heterocycles. The first-order valence-electron chi connectivity index (χ1n) is 6.83. The molecule has 0 spiro atoms. The molecule has 0 radical (unpaired) electrons. The fourth-order valence-electron chi connectivity index (χ4n) is 2.68. The molecule has 0 saturated carbocycles. The molecule has 2 aromatic heterocycles. The Morgan fingerprint density at radius 3 is 2.75 bits per heavy atom. The Bertz CT molecular complexity index is 626. The Hall–Kier alpha value is -1.91. The molecule has 0 aliphatic carbocycles. The minimum atomic E-state index is -0.963. The lowest BCUT2D eigenvalue weighted by molar-refractivity contribution is 0.0698. The van der Waals surface area contributed by atoms with Gasteiger partial charge in [0.1, 0.15) is 5.82 Å². The van der Waals surface area contributed by atoms with Crippen LogP contribution in [0, 0.1) is 11.3 Å². The van der Waals surface area contributed by atoms with E-state index in [2.05, 4.69) is 42.6 Å². The molecule has 0 fully saturated rings. The number of pyridine rings is 1. The second kappa shape index (κ2) is 5.23. The van der Waals surface area contributed by atoms with Crippen molar-refractivity contribution < 1.29 is 9.90 Å². The van der Waals surface area contributed by atoms with Gasteiger partial charge in [-0.3, -0.25) is 0 Å². The summed E-state index contributed by atoms with van der Waals surface area (Å²) in [5.74, 6) is 0.317. The quantitative estimate of drug-likeness (QED) is 0.897. The number of nitrogens with zero attached hydrogens (tertiary/aromatic N) is 2. The van der Waals surface area contributed by atoms with Gasteiger partial charge in [-0.1, -0.05) is 27.7 Å². The molecule has 20 heavy (non-hydrogen) atoms. The molecule has 0 aliphatic rings. The van der Waals surface area contributed by atoms with Crippen molar-refractivity contribution in [3.8, 4) is 0 Å². The van der Waals surface area contributed by atoms with Crippen LogP contribution in [-0.4, -0.2) is 26.0 Å². The molecular formula is C15H21N3O2. The number of H-pyrrole nitrogens is 1. The van der Waals surface area contributed by atoms with Gasteiger partial charge in [-0.25, -0.2) is 14.8 Å². The van der Waals surface area contributed by atoms with Gasteiger partial charge in [-0.05, 0) is 23.8 Å². The van der Waals surface area contributed by atoms with Gasteiger partial charge in [0, 0.05) is 12.6 Å². The van der Waals surface area contributed by atoms with Gasteiger partial charge in [0.25, 0.3) is 0 Å². The van der Waals surface area contributed by atoms with Crippen molar-refractivity contribution in [1.29, 1.82) is 0 Å². The Labute approximate surface area is 118 Å². The maximum absolute atomic E-state index is 11.2. The second-order valence-corrected chi connectivity index (χ2v) is 6.62. The van der Waals surface area contributed by atoms with E-state index in [0.717, 1.165) is 18.7 Å². The van der Waals surface area contributed by atoms with E-state index in [0.29, 0.717) is 17.1 Å². The molecular weight excluding hydrogens is 254 g/mol. The van der Waals surface area contributed by atoms with E-state index in [1.165, 1.54) is 12.3 Å². The summed E-state index contributed by atoms with van der Waals surface area (Å²) in [6, 6.07) is 1.49. The largest absolute Gasteiger partial charge is 0.478 e. The van der Waals surface area contributed by atoms with Gasteiger partial charge >= 0.3 is 5.97 Å². The van der Waals surface area contributed by atoms with Crippen LogP contribution >= 0.6 is 0 Å². The standard InChI is InChI=1S/C15H21N3O2/c1-9(8-15(2,3)4)7-11-17-12-10(14(19)20)5-6-16-13(12)18-11/h5-6,9H,7-8H2,1-4H3,(H,19,20)(H,16,17,18).